The number of amides is 1. The average Bonchev–Trinajstić information content (AvgIpc) is 3.00. The monoisotopic (exact) mass is 353 g/mol. The van der Waals surface area contributed by atoms with Gasteiger partial charge < -0.3 is 14.2 Å². The summed E-state index contributed by atoms with van der Waals surface area (Å²) < 4.78 is 37.0. The molecule has 1 unspecified atom stereocenters. The van der Waals surface area contributed by atoms with Crippen molar-refractivity contribution >= 4 is 17.0 Å². The lowest BCUT2D eigenvalue weighted by Crippen LogP contribution is -2.39. The van der Waals surface area contributed by atoms with Crippen molar-refractivity contribution in [2.45, 2.75) is 38.5 Å². The van der Waals surface area contributed by atoms with Crippen LogP contribution in [0.4, 0.5) is 8.78 Å². The standard InChI is InChI=1S/C17H21F2N3O3/c1-10-15-12(16(18)19)8-13(20-17(15)25-21-10)11-4-3-6-22(9-11)14(23)5-7-24-2/h8,11,16H,3-7,9H2,1-2H3. The van der Waals surface area contributed by atoms with Crippen LogP contribution < -0.4 is 0 Å². The summed E-state index contributed by atoms with van der Waals surface area (Å²) in [5, 5.41) is 4.03. The number of methoxy groups -OCH3 is 1. The first-order chi connectivity index (χ1) is 12.0. The minimum atomic E-state index is -2.63. The second-order valence-corrected chi connectivity index (χ2v) is 6.31. The molecule has 1 amide bonds. The summed E-state index contributed by atoms with van der Waals surface area (Å²) in [6, 6.07) is 1.44. The van der Waals surface area contributed by atoms with Crippen molar-refractivity contribution in [3.63, 3.8) is 0 Å². The molecule has 0 spiro atoms. The van der Waals surface area contributed by atoms with E-state index in [1.165, 1.54) is 6.07 Å². The Bertz CT molecular complexity index is 763. The van der Waals surface area contributed by atoms with Crippen LogP contribution >= 0.6 is 0 Å². The summed E-state index contributed by atoms with van der Waals surface area (Å²) in [4.78, 5) is 18.4. The molecule has 1 aliphatic rings. The van der Waals surface area contributed by atoms with Gasteiger partial charge in [0.05, 0.1) is 24.1 Å². The number of carbonyl (C=O) groups excluding carboxylic acids is 1. The number of nitrogens with zero attached hydrogens (tertiary/aromatic N) is 3. The van der Waals surface area contributed by atoms with E-state index in [-0.39, 0.29) is 28.5 Å². The van der Waals surface area contributed by atoms with Gasteiger partial charge >= 0.3 is 0 Å². The van der Waals surface area contributed by atoms with Gasteiger partial charge in [0.1, 0.15) is 0 Å². The summed E-state index contributed by atoms with van der Waals surface area (Å²) in [7, 11) is 1.55. The number of piperidine rings is 1. The molecule has 8 heteroatoms. The Hall–Kier alpha value is -2.09. The fourth-order valence-electron chi connectivity index (χ4n) is 3.32. The molecule has 0 saturated carbocycles. The zero-order valence-corrected chi connectivity index (χ0v) is 14.3. The molecular formula is C17H21F2N3O3. The molecule has 1 aliphatic heterocycles. The maximum absolute atomic E-state index is 13.5. The Labute approximate surface area is 144 Å². The van der Waals surface area contributed by atoms with Crippen LogP contribution in [0.1, 0.15) is 48.6 Å². The van der Waals surface area contributed by atoms with Gasteiger partial charge in [-0.3, -0.25) is 4.79 Å². The fraction of sp³-hybridized carbons (Fsp3) is 0.588. The number of rotatable bonds is 5. The van der Waals surface area contributed by atoms with Crippen molar-refractivity contribution in [1.29, 1.82) is 0 Å². The molecular weight excluding hydrogens is 332 g/mol. The van der Waals surface area contributed by atoms with Crippen LogP contribution in [-0.2, 0) is 9.53 Å². The van der Waals surface area contributed by atoms with E-state index in [2.05, 4.69) is 10.1 Å². The molecule has 6 nitrogen and oxygen atoms in total. The molecule has 25 heavy (non-hydrogen) atoms. The lowest BCUT2D eigenvalue weighted by atomic mass is 9.92. The lowest BCUT2D eigenvalue weighted by molar-refractivity contribution is -0.133. The topological polar surface area (TPSA) is 68.5 Å². The number of ether oxygens (including phenoxy) is 1. The number of carbonyl (C=O) groups is 1. The van der Waals surface area contributed by atoms with Crippen molar-refractivity contribution in [3.8, 4) is 0 Å². The lowest BCUT2D eigenvalue weighted by Gasteiger charge is -2.32. The number of hydrogen-bond donors (Lipinski definition) is 0. The van der Waals surface area contributed by atoms with Gasteiger partial charge in [-0.05, 0) is 25.8 Å². The van der Waals surface area contributed by atoms with Gasteiger partial charge in [-0.15, -0.1) is 0 Å². The van der Waals surface area contributed by atoms with Gasteiger partial charge in [0.15, 0.2) is 0 Å². The normalized spacial score (nSPS) is 18.3. The van der Waals surface area contributed by atoms with Crippen LogP contribution in [0.5, 0.6) is 0 Å². The quantitative estimate of drug-likeness (QED) is 0.826. The maximum Gasteiger partial charge on any atom is 0.264 e. The van der Waals surface area contributed by atoms with E-state index in [0.717, 1.165) is 12.8 Å². The summed E-state index contributed by atoms with van der Waals surface area (Å²) in [6.45, 7) is 3.13. The summed E-state index contributed by atoms with van der Waals surface area (Å²) in [6.07, 6.45) is -0.713. The molecule has 0 bridgehead atoms. The number of hydrogen-bond acceptors (Lipinski definition) is 5. The van der Waals surface area contributed by atoms with Crippen molar-refractivity contribution in [2.24, 2.45) is 0 Å². The van der Waals surface area contributed by atoms with Crippen LogP contribution in [0.15, 0.2) is 10.6 Å². The number of likely N-dealkylation sites (tertiary alicyclic amines) is 1. The van der Waals surface area contributed by atoms with Crippen LogP contribution in [0, 0.1) is 6.92 Å². The van der Waals surface area contributed by atoms with Gasteiger partial charge in [-0.1, -0.05) is 5.16 Å². The molecule has 0 radical (unpaired) electrons. The highest BCUT2D eigenvalue weighted by Crippen LogP contribution is 2.34. The third kappa shape index (κ3) is 3.63. The highest BCUT2D eigenvalue weighted by Gasteiger charge is 2.28. The first-order valence-electron chi connectivity index (χ1n) is 8.33. The zero-order valence-electron chi connectivity index (χ0n) is 14.3. The van der Waals surface area contributed by atoms with Crippen LogP contribution in [0.25, 0.3) is 11.1 Å². The third-order valence-corrected chi connectivity index (χ3v) is 4.61. The first kappa shape index (κ1) is 17.7. The largest absolute Gasteiger partial charge is 0.384 e. The van der Waals surface area contributed by atoms with Crippen LogP contribution in [-0.4, -0.2) is 47.8 Å². The van der Waals surface area contributed by atoms with Crippen LogP contribution in [0.3, 0.4) is 0 Å². The summed E-state index contributed by atoms with van der Waals surface area (Å²) in [5.41, 5.74) is 0.960. The van der Waals surface area contributed by atoms with E-state index in [1.54, 1.807) is 18.9 Å². The highest BCUT2D eigenvalue weighted by atomic mass is 19.3. The molecule has 3 heterocycles. The fourth-order valence-corrected chi connectivity index (χ4v) is 3.32. The van der Waals surface area contributed by atoms with Crippen molar-refractivity contribution < 1.29 is 22.8 Å². The number of fused-ring (bicyclic) bond motifs is 1. The predicted octanol–water partition coefficient (Wildman–Crippen LogP) is 3.21. The van der Waals surface area contributed by atoms with Gasteiger partial charge in [0.25, 0.3) is 12.1 Å². The predicted molar refractivity (Wildman–Crippen MR) is 86.5 cm³/mol. The second kappa shape index (κ2) is 7.43. The van der Waals surface area contributed by atoms with Crippen LogP contribution in [0.2, 0.25) is 0 Å². The molecule has 136 valence electrons. The molecule has 1 fully saturated rings. The van der Waals surface area contributed by atoms with E-state index in [1.807, 2.05) is 0 Å². The zero-order chi connectivity index (χ0) is 18.0. The second-order valence-electron chi connectivity index (χ2n) is 6.31. The molecule has 1 saturated heterocycles. The maximum atomic E-state index is 13.5. The SMILES string of the molecule is COCCC(=O)N1CCCC(c2cc(C(F)F)c3c(C)noc3n2)C1. The number of aromatic nitrogens is 2. The minimum Gasteiger partial charge on any atom is -0.384 e. The van der Waals surface area contributed by atoms with E-state index in [0.29, 0.717) is 37.5 Å². The Kier molecular flexibility index (Phi) is 5.27. The molecule has 2 aromatic heterocycles. The van der Waals surface area contributed by atoms with E-state index >= 15 is 0 Å². The van der Waals surface area contributed by atoms with Crippen molar-refractivity contribution in [1.82, 2.24) is 15.0 Å². The number of aryl methyl sites for hydroxylation is 1. The van der Waals surface area contributed by atoms with E-state index in [9.17, 15) is 13.6 Å². The van der Waals surface area contributed by atoms with E-state index in [4.69, 9.17) is 9.26 Å². The molecule has 0 aromatic carbocycles. The Morgan fingerprint density at radius 1 is 1.52 bits per heavy atom. The van der Waals surface area contributed by atoms with Gasteiger partial charge in [-0.2, -0.15) is 0 Å². The minimum absolute atomic E-state index is 0.0113. The smallest absolute Gasteiger partial charge is 0.264 e. The Morgan fingerprint density at radius 2 is 2.32 bits per heavy atom. The first-order valence-corrected chi connectivity index (χ1v) is 8.33. The summed E-state index contributed by atoms with van der Waals surface area (Å²) in [5.74, 6) is -0.0789. The third-order valence-electron chi connectivity index (χ3n) is 4.61. The van der Waals surface area contributed by atoms with Crippen molar-refractivity contribution in [2.75, 3.05) is 26.8 Å². The van der Waals surface area contributed by atoms with Gasteiger partial charge in [-0.25, -0.2) is 13.8 Å². The van der Waals surface area contributed by atoms with Gasteiger partial charge in [0.2, 0.25) is 5.91 Å². The molecule has 0 aliphatic carbocycles. The molecule has 2 aromatic rings. The molecule has 0 N–H and O–H groups in total. The average molecular weight is 353 g/mol. The Balaban J connectivity index is 1.87. The van der Waals surface area contributed by atoms with E-state index < -0.39 is 6.43 Å². The number of pyridine rings is 1. The molecule has 3 rings (SSSR count). The number of alkyl halides is 2. The summed E-state index contributed by atoms with van der Waals surface area (Å²) >= 11 is 0. The number of halogens is 2. The highest BCUT2D eigenvalue weighted by molar-refractivity contribution is 5.80. The Morgan fingerprint density at radius 3 is 3.04 bits per heavy atom. The van der Waals surface area contributed by atoms with Crippen molar-refractivity contribution in [3.05, 3.63) is 23.0 Å². The molecule has 1 atom stereocenters. The van der Waals surface area contributed by atoms with Gasteiger partial charge in [0, 0.05) is 37.4 Å².